The summed E-state index contributed by atoms with van der Waals surface area (Å²) in [6, 6.07) is 6.58. The first-order valence-electron chi connectivity index (χ1n) is 6.50. The van der Waals surface area contributed by atoms with Gasteiger partial charge in [-0.25, -0.2) is 8.42 Å². The normalized spacial score (nSPS) is 18.0. The van der Waals surface area contributed by atoms with Crippen LogP contribution in [0.1, 0.15) is 0 Å². The van der Waals surface area contributed by atoms with E-state index < -0.39 is 22.6 Å². The quantitative estimate of drug-likeness (QED) is 0.850. The van der Waals surface area contributed by atoms with Crippen molar-refractivity contribution in [1.29, 1.82) is 0 Å². The van der Waals surface area contributed by atoms with E-state index in [0.717, 1.165) is 6.26 Å². The molecule has 1 fully saturated rings. The van der Waals surface area contributed by atoms with E-state index in [1.165, 1.54) is 11.0 Å². The van der Waals surface area contributed by atoms with Crippen LogP contribution in [0.15, 0.2) is 29.2 Å². The SMILES string of the molecule is CS(=O)(=O)c1ccccc1N1CCN(CC(F)(F)F)CC1. The number of halogens is 3. The molecular formula is C13H17F3N2O2S. The van der Waals surface area contributed by atoms with E-state index in [0.29, 0.717) is 18.8 Å². The summed E-state index contributed by atoms with van der Waals surface area (Å²) in [4.78, 5) is 3.37. The van der Waals surface area contributed by atoms with E-state index in [1.807, 2.05) is 4.90 Å². The van der Waals surface area contributed by atoms with Gasteiger partial charge in [0.2, 0.25) is 0 Å². The van der Waals surface area contributed by atoms with E-state index in [9.17, 15) is 21.6 Å². The van der Waals surface area contributed by atoms with Crippen molar-refractivity contribution in [2.24, 2.45) is 0 Å². The average Bonchev–Trinajstić information content (AvgIpc) is 2.37. The van der Waals surface area contributed by atoms with Crippen LogP contribution in [-0.4, -0.2) is 58.5 Å². The zero-order valence-electron chi connectivity index (χ0n) is 11.6. The molecule has 0 atom stereocenters. The third-order valence-corrected chi connectivity index (χ3v) is 4.52. The minimum atomic E-state index is -4.20. The lowest BCUT2D eigenvalue weighted by Gasteiger charge is -2.36. The Morgan fingerprint density at radius 2 is 1.67 bits per heavy atom. The third kappa shape index (κ3) is 4.34. The van der Waals surface area contributed by atoms with Gasteiger partial charge in [0.25, 0.3) is 0 Å². The highest BCUT2D eigenvalue weighted by molar-refractivity contribution is 7.90. The number of anilines is 1. The molecule has 0 aromatic heterocycles. The summed E-state index contributed by atoms with van der Waals surface area (Å²) >= 11 is 0. The van der Waals surface area contributed by atoms with Gasteiger partial charge in [0, 0.05) is 32.4 Å². The van der Waals surface area contributed by atoms with Crippen LogP contribution < -0.4 is 4.90 Å². The van der Waals surface area contributed by atoms with Crippen LogP contribution in [-0.2, 0) is 9.84 Å². The molecule has 0 spiro atoms. The Balaban J connectivity index is 2.10. The molecule has 21 heavy (non-hydrogen) atoms. The molecule has 0 bridgehead atoms. The number of nitrogens with zero attached hydrogens (tertiary/aromatic N) is 2. The maximum atomic E-state index is 12.3. The molecule has 1 aliphatic heterocycles. The zero-order chi connectivity index (χ0) is 15.7. The van der Waals surface area contributed by atoms with Gasteiger partial charge in [0.15, 0.2) is 9.84 Å². The van der Waals surface area contributed by atoms with Crippen LogP contribution in [0.25, 0.3) is 0 Å². The molecule has 0 radical (unpaired) electrons. The summed E-state index contributed by atoms with van der Waals surface area (Å²) in [7, 11) is -3.36. The minimum absolute atomic E-state index is 0.217. The van der Waals surface area contributed by atoms with Crippen molar-refractivity contribution in [2.45, 2.75) is 11.1 Å². The Hall–Kier alpha value is -1.28. The van der Waals surface area contributed by atoms with Crippen molar-refractivity contribution in [3.8, 4) is 0 Å². The Morgan fingerprint density at radius 3 is 2.19 bits per heavy atom. The highest BCUT2D eigenvalue weighted by atomic mass is 32.2. The standard InChI is InChI=1S/C13H17F3N2O2S/c1-21(19,20)12-5-3-2-4-11(12)18-8-6-17(7-9-18)10-13(14,15)16/h2-5H,6-10H2,1H3. The highest BCUT2D eigenvalue weighted by Crippen LogP contribution is 2.26. The maximum Gasteiger partial charge on any atom is 0.401 e. The molecule has 0 unspecified atom stereocenters. The second-order valence-corrected chi connectivity index (χ2v) is 7.10. The maximum absolute atomic E-state index is 12.3. The fourth-order valence-corrected chi connectivity index (χ4v) is 3.34. The Kier molecular flexibility index (Phi) is 4.48. The molecule has 1 heterocycles. The van der Waals surface area contributed by atoms with Crippen molar-refractivity contribution >= 4 is 15.5 Å². The number of rotatable bonds is 3. The first-order chi connectivity index (χ1) is 9.67. The fraction of sp³-hybridized carbons (Fsp3) is 0.538. The largest absolute Gasteiger partial charge is 0.401 e. The molecule has 1 saturated heterocycles. The smallest absolute Gasteiger partial charge is 0.368 e. The van der Waals surface area contributed by atoms with Crippen molar-refractivity contribution < 1.29 is 21.6 Å². The molecule has 1 aromatic carbocycles. The summed E-state index contributed by atoms with van der Waals surface area (Å²) in [5, 5.41) is 0. The van der Waals surface area contributed by atoms with Gasteiger partial charge in [-0.3, -0.25) is 4.90 Å². The predicted octanol–water partition coefficient (Wildman–Crippen LogP) is 1.77. The number of piperazine rings is 1. The van der Waals surface area contributed by atoms with Crippen molar-refractivity contribution in [1.82, 2.24) is 4.90 Å². The van der Waals surface area contributed by atoms with Gasteiger partial charge in [-0.1, -0.05) is 12.1 Å². The van der Waals surface area contributed by atoms with E-state index >= 15 is 0 Å². The molecule has 1 aliphatic rings. The van der Waals surface area contributed by atoms with Crippen LogP contribution in [0.5, 0.6) is 0 Å². The molecule has 1 aromatic rings. The summed E-state index contributed by atoms with van der Waals surface area (Å²) < 4.78 is 60.6. The van der Waals surface area contributed by atoms with E-state index in [1.54, 1.807) is 18.2 Å². The molecule has 118 valence electrons. The van der Waals surface area contributed by atoms with Crippen LogP contribution >= 0.6 is 0 Å². The fourth-order valence-electron chi connectivity index (χ4n) is 2.43. The number of alkyl halides is 3. The number of benzene rings is 1. The number of hydrogen-bond donors (Lipinski definition) is 0. The average molecular weight is 322 g/mol. The van der Waals surface area contributed by atoms with Crippen LogP contribution in [0.2, 0.25) is 0 Å². The zero-order valence-corrected chi connectivity index (χ0v) is 12.4. The predicted molar refractivity (Wildman–Crippen MR) is 74.3 cm³/mol. The van der Waals surface area contributed by atoms with Gasteiger partial charge in [-0.15, -0.1) is 0 Å². The van der Waals surface area contributed by atoms with E-state index in [4.69, 9.17) is 0 Å². The molecule has 0 saturated carbocycles. The van der Waals surface area contributed by atoms with Gasteiger partial charge in [-0.05, 0) is 12.1 Å². The van der Waals surface area contributed by atoms with E-state index in [2.05, 4.69) is 0 Å². The lowest BCUT2D eigenvalue weighted by atomic mass is 10.2. The topological polar surface area (TPSA) is 40.6 Å². The van der Waals surface area contributed by atoms with Gasteiger partial charge in [0.1, 0.15) is 0 Å². The monoisotopic (exact) mass is 322 g/mol. The molecule has 0 aliphatic carbocycles. The number of hydrogen-bond acceptors (Lipinski definition) is 4. The highest BCUT2D eigenvalue weighted by Gasteiger charge is 2.32. The van der Waals surface area contributed by atoms with Crippen LogP contribution in [0.4, 0.5) is 18.9 Å². The molecule has 0 N–H and O–H groups in total. The number of para-hydroxylation sites is 1. The number of sulfone groups is 1. The van der Waals surface area contributed by atoms with Crippen molar-refractivity contribution in [2.75, 3.05) is 43.9 Å². The first kappa shape index (κ1) is 16.1. The molecule has 2 rings (SSSR count). The van der Waals surface area contributed by atoms with Crippen LogP contribution in [0, 0.1) is 0 Å². The summed E-state index contributed by atoms with van der Waals surface area (Å²) in [5.74, 6) is 0. The van der Waals surface area contributed by atoms with Crippen LogP contribution in [0.3, 0.4) is 0 Å². The molecular weight excluding hydrogens is 305 g/mol. The first-order valence-corrected chi connectivity index (χ1v) is 8.39. The Labute approximate surface area is 122 Å². The summed E-state index contributed by atoms with van der Waals surface area (Å²) in [6.45, 7) is 0.356. The second-order valence-electron chi connectivity index (χ2n) is 5.12. The molecule has 4 nitrogen and oxygen atoms in total. The Bertz CT molecular complexity index is 594. The van der Waals surface area contributed by atoms with Crippen molar-refractivity contribution in [3.05, 3.63) is 24.3 Å². The minimum Gasteiger partial charge on any atom is -0.368 e. The van der Waals surface area contributed by atoms with Gasteiger partial charge in [0.05, 0.1) is 17.1 Å². The van der Waals surface area contributed by atoms with Gasteiger partial charge < -0.3 is 4.90 Å². The Morgan fingerprint density at radius 1 is 1.10 bits per heavy atom. The van der Waals surface area contributed by atoms with Crippen molar-refractivity contribution in [3.63, 3.8) is 0 Å². The summed E-state index contributed by atoms with van der Waals surface area (Å²) in [6.07, 6.45) is -3.07. The molecule has 0 amide bonds. The van der Waals surface area contributed by atoms with Gasteiger partial charge in [-0.2, -0.15) is 13.2 Å². The summed E-state index contributed by atoms with van der Waals surface area (Å²) in [5.41, 5.74) is 0.562. The lowest BCUT2D eigenvalue weighted by Crippen LogP contribution is -2.49. The lowest BCUT2D eigenvalue weighted by molar-refractivity contribution is -0.146. The molecule has 8 heteroatoms. The van der Waals surface area contributed by atoms with E-state index in [-0.39, 0.29) is 18.0 Å². The van der Waals surface area contributed by atoms with Gasteiger partial charge >= 0.3 is 6.18 Å². The third-order valence-electron chi connectivity index (χ3n) is 3.38. The second kappa shape index (κ2) is 5.84.